The second-order valence-corrected chi connectivity index (χ2v) is 5.12. The molecule has 1 aromatic heterocycles. The van der Waals surface area contributed by atoms with E-state index in [1.165, 1.54) is 12.1 Å². The number of benzene rings is 1. The molecule has 7 nitrogen and oxygen atoms in total. The monoisotopic (exact) mass is 308 g/mol. The number of halogens is 1. The number of hydrogen-bond acceptors (Lipinski definition) is 6. The Morgan fingerprint density at radius 2 is 2.23 bits per heavy atom. The van der Waals surface area contributed by atoms with E-state index in [2.05, 4.69) is 15.5 Å². The molecule has 0 radical (unpaired) electrons. The van der Waals surface area contributed by atoms with Gasteiger partial charge < -0.3 is 9.84 Å². The minimum absolute atomic E-state index is 0.165. The first-order valence-corrected chi connectivity index (χ1v) is 6.98. The number of aryl methyl sites for hydroxylation is 1. The van der Waals surface area contributed by atoms with Gasteiger partial charge in [-0.25, -0.2) is 0 Å². The Labute approximate surface area is 126 Å². The normalized spacial score (nSPS) is 10.9. The molecule has 118 valence electrons. The molecule has 0 bridgehead atoms. The van der Waals surface area contributed by atoms with Gasteiger partial charge in [-0.15, -0.1) is 0 Å². The van der Waals surface area contributed by atoms with Gasteiger partial charge in [-0.1, -0.05) is 25.1 Å². The lowest BCUT2D eigenvalue weighted by Gasteiger charge is -2.06. The van der Waals surface area contributed by atoms with Gasteiger partial charge in [-0.2, -0.15) is 9.37 Å². The summed E-state index contributed by atoms with van der Waals surface area (Å²) in [6.45, 7) is 4.38. The molecule has 1 heterocycles. The Bertz CT molecular complexity index is 657. The van der Waals surface area contributed by atoms with Gasteiger partial charge >= 0.3 is 5.69 Å². The Morgan fingerprint density at radius 3 is 2.86 bits per heavy atom. The lowest BCUT2D eigenvalue weighted by atomic mass is 10.2. The maximum absolute atomic E-state index is 13.4. The smallest absolute Gasteiger partial charge is 0.327 e. The zero-order chi connectivity index (χ0) is 16.1. The Morgan fingerprint density at radius 1 is 1.45 bits per heavy atom. The van der Waals surface area contributed by atoms with Crippen molar-refractivity contribution >= 4 is 11.4 Å². The van der Waals surface area contributed by atoms with E-state index >= 15 is 0 Å². The number of para-hydroxylation sites is 1. The Balaban J connectivity index is 1.89. The van der Waals surface area contributed by atoms with Gasteiger partial charge in [0, 0.05) is 18.9 Å². The molecule has 2 aromatic rings. The third-order valence-electron chi connectivity index (χ3n) is 3.05. The molecule has 0 amide bonds. The zero-order valence-corrected chi connectivity index (χ0v) is 12.4. The predicted molar refractivity (Wildman–Crippen MR) is 78.3 cm³/mol. The molecule has 0 saturated heterocycles. The average Bonchev–Trinajstić information content (AvgIpc) is 2.92. The number of rotatable bonds is 7. The fraction of sp³-hybridized carbons (Fsp3) is 0.429. The predicted octanol–water partition coefficient (Wildman–Crippen LogP) is 3.29. The molecule has 1 aromatic carbocycles. The van der Waals surface area contributed by atoms with Gasteiger partial charge in [0.15, 0.2) is 5.82 Å². The molecule has 0 aliphatic rings. The van der Waals surface area contributed by atoms with Gasteiger partial charge in [-0.3, -0.25) is 10.1 Å². The van der Waals surface area contributed by atoms with Crippen molar-refractivity contribution in [3.8, 4) is 0 Å². The summed E-state index contributed by atoms with van der Waals surface area (Å²) in [6, 6.07) is 3.97. The van der Waals surface area contributed by atoms with E-state index in [0.717, 1.165) is 6.07 Å². The zero-order valence-electron chi connectivity index (χ0n) is 12.4. The molecule has 0 unspecified atom stereocenters. The van der Waals surface area contributed by atoms with Gasteiger partial charge in [-0.05, 0) is 18.6 Å². The second-order valence-electron chi connectivity index (χ2n) is 5.12. The molecule has 1 N–H and O–H groups in total. The van der Waals surface area contributed by atoms with Gasteiger partial charge in [0.2, 0.25) is 11.7 Å². The van der Waals surface area contributed by atoms with Crippen molar-refractivity contribution in [2.24, 2.45) is 0 Å². The molecule has 0 aliphatic carbocycles. The van der Waals surface area contributed by atoms with Crippen molar-refractivity contribution in [3.05, 3.63) is 45.8 Å². The molecular weight excluding hydrogens is 291 g/mol. The molecule has 22 heavy (non-hydrogen) atoms. The summed E-state index contributed by atoms with van der Waals surface area (Å²) in [6.07, 6.45) is 1.18. The summed E-state index contributed by atoms with van der Waals surface area (Å²) in [5.41, 5.74) is -0.374. The van der Waals surface area contributed by atoms with Crippen LogP contribution >= 0.6 is 0 Å². The number of nitro benzene ring substituents is 1. The first-order chi connectivity index (χ1) is 10.5. The minimum atomic E-state index is -0.853. The molecule has 0 atom stereocenters. The second kappa shape index (κ2) is 6.97. The minimum Gasteiger partial charge on any atom is -0.379 e. The largest absolute Gasteiger partial charge is 0.379 e. The van der Waals surface area contributed by atoms with Gasteiger partial charge in [0.05, 0.1) is 4.92 Å². The molecule has 0 aliphatic heterocycles. The first-order valence-electron chi connectivity index (χ1n) is 6.98. The molecule has 0 saturated carbocycles. The molecule has 2 rings (SSSR count). The number of nitro groups is 1. The maximum atomic E-state index is 13.4. The van der Waals surface area contributed by atoms with Crippen LogP contribution in [0.25, 0.3) is 0 Å². The van der Waals surface area contributed by atoms with Crippen LogP contribution in [-0.2, 0) is 6.42 Å². The Kier molecular flexibility index (Phi) is 5.03. The molecule has 0 fully saturated rings. The summed E-state index contributed by atoms with van der Waals surface area (Å²) >= 11 is 0. The van der Waals surface area contributed by atoms with Crippen LogP contribution in [0.15, 0.2) is 22.7 Å². The standard InChI is InChI=1S/C14H17FN4O3/c1-9(2)14-17-12(22-18-14)7-4-8-16-11-6-3-5-10(15)13(11)19(20)21/h3,5-6,9,16H,4,7-8H2,1-2H3. The maximum Gasteiger partial charge on any atom is 0.327 e. The highest BCUT2D eigenvalue weighted by molar-refractivity contribution is 5.61. The number of nitrogens with zero attached hydrogens (tertiary/aromatic N) is 3. The van der Waals surface area contributed by atoms with Gasteiger partial charge in [0.1, 0.15) is 5.69 Å². The molecule has 8 heteroatoms. The fourth-order valence-electron chi connectivity index (χ4n) is 1.91. The van der Waals surface area contributed by atoms with E-state index < -0.39 is 16.4 Å². The Hall–Kier alpha value is -2.51. The number of anilines is 1. The van der Waals surface area contributed by atoms with E-state index in [1.54, 1.807) is 0 Å². The summed E-state index contributed by atoms with van der Waals surface area (Å²) in [5, 5.41) is 17.6. The van der Waals surface area contributed by atoms with Crippen LogP contribution in [0.4, 0.5) is 15.8 Å². The van der Waals surface area contributed by atoms with E-state index in [1.807, 2.05) is 13.8 Å². The van der Waals surface area contributed by atoms with Crippen molar-refractivity contribution < 1.29 is 13.8 Å². The third kappa shape index (κ3) is 3.78. The SMILES string of the molecule is CC(C)c1noc(CCCNc2cccc(F)c2[N+](=O)[O-])n1. The van der Waals surface area contributed by atoms with Crippen LogP contribution < -0.4 is 5.32 Å². The highest BCUT2D eigenvalue weighted by Crippen LogP contribution is 2.27. The van der Waals surface area contributed by atoms with Crippen LogP contribution in [0.3, 0.4) is 0 Å². The van der Waals surface area contributed by atoms with Crippen molar-refractivity contribution in [1.82, 2.24) is 10.1 Å². The summed E-state index contributed by atoms with van der Waals surface area (Å²) in [5.74, 6) is 0.530. The van der Waals surface area contributed by atoms with Crippen LogP contribution in [0, 0.1) is 15.9 Å². The molecular formula is C14H17FN4O3. The van der Waals surface area contributed by atoms with E-state index in [0.29, 0.717) is 31.1 Å². The van der Waals surface area contributed by atoms with E-state index in [-0.39, 0.29) is 11.6 Å². The topological polar surface area (TPSA) is 94.1 Å². The highest BCUT2D eigenvalue weighted by Gasteiger charge is 2.19. The quantitative estimate of drug-likeness (QED) is 0.479. The summed E-state index contributed by atoms with van der Waals surface area (Å²) in [7, 11) is 0. The highest BCUT2D eigenvalue weighted by atomic mass is 19.1. The lowest BCUT2D eigenvalue weighted by molar-refractivity contribution is -0.386. The molecule has 0 spiro atoms. The third-order valence-corrected chi connectivity index (χ3v) is 3.05. The lowest BCUT2D eigenvalue weighted by Crippen LogP contribution is -2.06. The van der Waals surface area contributed by atoms with E-state index in [4.69, 9.17) is 4.52 Å². The van der Waals surface area contributed by atoms with Crippen molar-refractivity contribution in [1.29, 1.82) is 0 Å². The first kappa shape index (κ1) is 15.9. The average molecular weight is 308 g/mol. The summed E-state index contributed by atoms with van der Waals surface area (Å²) in [4.78, 5) is 14.4. The van der Waals surface area contributed by atoms with Crippen molar-refractivity contribution in [2.75, 3.05) is 11.9 Å². The van der Waals surface area contributed by atoms with Crippen molar-refractivity contribution in [2.45, 2.75) is 32.6 Å². The van der Waals surface area contributed by atoms with Crippen LogP contribution in [0.2, 0.25) is 0 Å². The van der Waals surface area contributed by atoms with Crippen LogP contribution in [-0.4, -0.2) is 21.6 Å². The number of aromatic nitrogens is 2. The fourth-order valence-corrected chi connectivity index (χ4v) is 1.91. The van der Waals surface area contributed by atoms with Crippen LogP contribution in [0.1, 0.15) is 37.9 Å². The number of hydrogen-bond donors (Lipinski definition) is 1. The summed E-state index contributed by atoms with van der Waals surface area (Å²) < 4.78 is 18.5. The van der Waals surface area contributed by atoms with Gasteiger partial charge in [0.25, 0.3) is 0 Å². The van der Waals surface area contributed by atoms with Crippen LogP contribution in [0.5, 0.6) is 0 Å². The van der Waals surface area contributed by atoms with Crippen molar-refractivity contribution in [3.63, 3.8) is 0 Å². The number of nitrogens with one attached hydrogen (secondary N) is 1. The van der Waals surface area contributed by atoms with E-state index in [9.17, 15) is 14.5 Å².